The van der Waals surface area contributed by atoms with Crippen LogP contribution >= 0.6 is 15.9 Å². The lowest BCUT2D eigenvalue weighted by molar-refractivity contribution is 0.174. The third kappa shape index (κ3) is 3.35. The highest BCUT2D eigenvalue weighted by molar-refractivity contribution is 9.10. The SMILES string of the molecule is CC(C)(C)c1nc2ccc(Br)cc2c(=O)n1N=Cc1ccc2c(c1)OCO2. The molecule has 138 valence electrons. The minimum absolute atomic E-state index is 0.205. The number of halogens is 1. The van der Waals surface area contributed by atoms with Crippen LogP contribution in [-0.4, -0.2) is 22.7 Å². The van der Waals surface area contributed by atoms with Gasteiger partial charge in [-0.2, -0.15) is 9.78 Å². The first-order valence-corrected chi connectivity index (χ1v) is 9.29. The van der Waals surface area contributed by atoms with Gasteiger partial charge < -0.3 is 9.47 Å². The summed E-state index contributed by atoms with van der Waals surface area (Å²) in [5.74, 6) is 1.97. The molecule has 0 fully saturated rings. The highest BCUT2D eigenvalue weighted by Gasteiger charge is 2.23. The van der Waals surface area contributed by atoms with Crippen molar-refractivity contribution in [3.8, 4) is 11.5 Å². The molecule has 0 radical (unpaired) electrons. The summed E-state index contributed by atoms with van der Waals surface area (Å²) >= 11 is 3.41. The third-order valence-electron chi connectivity index (χ3n) is 4.20. The zero-order valence-electron chi connectivity index (χ0n) is 15.2. The monoisotopic (exact) mass is 427 g/mol. The van der Waals surface area contributed by atoms with Crippen molar-refractivity contribution in [3.05, 3.63) is 62.6 Å². The molecule has 0 unspecified atom stereocenters. The van der Waals surface area contributed by atoms with Crippen LogP contribution in [0.5, 0.6) is 11.5 Å². The zero-order chi connectivity index (χ0) is 19.2. The van der Waals surface area contributed by atoms with E-state index in [4.69, 9.17) is 14.5 Å². The smallest absolute Gasteiger partial charge is 0.282 e. The summed E-state index contributed by atoms with van der Waals surface area (Å²) in [7, 11) is 0. The van der Waals surface area contributed by atoms with E-state index in [2.05, 4.69) is 21.0 Å². The van der Waals surface area contributed by atoms with E-state index in [-0.39, 0.29) is 17.8 Å². The van der Waals surface area contributed by atoms with Crippen molar-refractivity contribution >= 4 is 33.0 Å². The van der Waals surface area contributed by atoms with Crippen molar-refractivity contribution in [3.63, 3.8) is 0 Å². The molecule has 1 aliphatic heterocycles. The van der Waals surface area contributed by atoms with Crippen molar-refractivity contribution in [2.75, 3.05) is 6.79 Å². The summed E-state index contributed by atoms with van der Waals surface area (Å²) in [6, 6.07) is 11.0. The molecule has 2 heterocycles. The molecule has 0 aliphatic carbocycles. The standard InChI is InChI=1S/C20H18BrN3O3/c1-20(2,3)19-23-15-6-5-13(21)9-14(15)18(25)24(19)22-10-12-4-7-16-17(8-12)27-11-26-16/h4-10H,11H2,1-3H3. The van der Waals surface area contributed by atoms with Crippen molar-refractivity contribution in [1.29, 1.82) is 0 Å². The molecule has 3 aromatic rings. The molecule has 1 aliphatic rings. The molecular weight excluding hydrogens is 410 g/mol. The molecule has 7 heteroatoms. The van der Waals surface area contributed by atoms with Crippen molar-refractivity contribution in [1.82, 2.24) is 9.66 Å². The summed E-state index contributed by atoms with van der Waals surface area (Å²) < 4.78 is 12.9. The predicted molar refractivity (Wildman–Crippen MR) is 108 cm³/mol. The fourth-order valence-electron chi connectivity index (χ4n) is 2.86. The fourth-order valence-corrected chi connectivity index (χ4v) is 3.22. The van der Waals surface area contributed by atoms with Gasteiger partial charge >= 0.3 is 0 Å². The van der Waals surface area contributed by atoms with Gasteiger partial charge in [0.2, 0.25) is 6.79 Å². The lowest BCUT2D eigenvalue weighted by Gasteiger charge is -2.20. The Morgan fingerprint density at radius 3 is 2.70 bits per heavy atom. The van der Waals surface area contributed by atoms with Gasteiger partial charge in [-0.1, -0.05) is 36.7 Å². The van der Waals surface area contributed by atoms with Crippen LogP contribution in [0.4, 0.5) is 0 Å². The number of rotatable bonds is 2. The van der Waals surface area contributed by atoms with Crippen LogP contribution in [0.25, 0.3) is 10.9 Å². The molecule has 27 heavy (non-hydrogen) atoms. The van der Waals surface area contributed by atoms with Gasteiger partial charge in [0.25, 0.3) is 5.56 Å². The molecule has 0 saturated carbocycles. The Morgan fingerprint density at radius 1 is 1.15 bits per heavy atom. The minimum Gasteiger partial charge on any atom is -0.454 e. The third-order valence-corrected chi connectivity index (χ3v) is 4.69. The molecule has 6 nitrogen and oxygen atoms in total. The Bertz CT molecular complexity index is 1130. The maximum absolute atomic E-state index is 13.1. The normalized spacial score (nSPS) is 13.6. The van der Waals surface area contributed by atoms with Crippen LogP contribution in [-0.2, 0) is 5.41 Å². The van der Waals surface area contributed by atoms with E-state index in [1.807, 2.05) is 51.1 Å². The van der Waals surface area contributed by atoms with Gasteiger partial charge in [-0.25, -0.2) is 4.98 Å². The van der Waals surface area contributed by atoms with Gasteiger partial charge in [-0.15, -0.1) is 0 Å². The Morgan fingerprint density at radius 2 is 1.93 bits per heavy atom. The fraction of sp³-hybridized carbons (Fsp3) is 0.250. The summed E-state index contributed by atoms with van der Waals surface area (Å²) in [4.78, 5) is 17.8. The van der Waals surface area contributed by atoms with Gasteiger partial charge in [0, 0.05) is 9.89 Å². The Kier molecular flexibility index (Phi) is 4.26. The number of hydrogen-bond donors (Lipinski definition) is 0. The van der Waals surface area contributed by atoms with E-state index < -0.39 is 0 Å². The highest BCUT2D eigenvalue weighted by Crippen LogP contribution is 2.32. The maximum atomic E-state index is 13.1. The Balaban J connectivity index is 1.86. The molecule has 0 amide bonds. The summed E-state index contributed by atoms with van der Waals surface area (Å²) in [5, 5.41) is 4.97. The van der Waals surface area contributed by atoms with Crippen molar-refractivity contribution in [2.24, 2.45) is 5.10 Å². The highest BCUT2D eigenvalue weighted by atomic mass is 79.9. The van der Waals surface area contributed by atoms with Crippen LogP contribution in [0, 0.1) is 0 Å². The van der Waals surface area contributed by atoms with Gasteiger partial charge in [0.05, 0.1) is 17.1 Å². The van der Waals surface area contributed by atoms with E-state index in [9.17, 15) is 4.79 Å². The second-order valence-electron chi connectivity index (χ2n) is 7.32. The average Bonchev–Trinajstić information content (AvgIpc) is 3.08. The summed E-state index contributed by atoms with van der Waals surface area (Å²) in [6.45, 7) is 6.23. The molecule has 1 aromatic heterocycles. The first-order chi connectivity index (χ1) is 12.8. The average molecular weight is 428 g/mol. The number of benzene rings is 2. The molecule has 0 saturated heterocycles. The molecule has 0 N–H and O–H groups in total. The van der Waals surface area contributed by atoms with E-state index in [1.165, 1.54) is 4.68 Å². The van der Waals surface area contributed by atoms with Crippen LogP contribution in [0.3, 0.4) is 0 Å². The number of aromatic nitrogens is 2. The minimum atomic E-state index is -0.355. The first-order valence-electron chi connectivity index (χ1n) is 8.50. The van der Waals surface area contributed by atoms with Gasteiger partial charge in [0.1, 0.15) is 5.82 Å². The molecule has 0 bridgehead atoms. The van der Waals surface area contributed by atoms with E-state index in [0.717, 1.165) is 10.0 Å². The number of fused-ring (bicyclic) bond motifs is 2. The van der Waals surface area contributed by atoms with Gasteiger partial charge in [0.15, 0.2) is 11.5 Å². The van der Waals surface area contributed by atoms with E-state index in [0.29, 0.717) is 28.2 Å². The number of hydrogen-bond acceptors (Lipinski definition) is 5. The topological polar surface area (TPSA) is 65.7 Å². The van der Waals surface area contributed by atoms with Crippen LogP contribution < -0.4 is 15.0 Å². The van der Waals surface area contributed by atoms with E-state index in [1.54, 1.807) is 12.3 Å². The van der Waals surface area contributed by atoms with Gasteiger partial charge in [-0.3, -0.25) is 4.79 Å². The van der Waals surface area contributed by atoms with Crippen molar-refractivity contribution < 1.29 is 9.47 Å². The number of nitrogens with zero attached hydrogens (tertiary/aromatic N) is 3. The van der Waals surface area contributed by atoms with Crippen LogP contribution in [0.2, 0.25) is 0 Å². The molecular formula is C20H18BrN3O3. The largest absolute Gasteiger partial charge is 0.454 e. The summed E-state index contributed by atoms with van der Waals surface area (Å²) in [6.07, 6.45) is 1.63. The second kappa shape index (κ2) is 6.49. The van der Waals surface area contributed by atoms with E-state index >= 15 is 0 Å². The Labute approximate surface area is 164 Å². The van der Waals surface area contributed by atoms with Crippen LogP contribution in [0.15, 0.2) is 50.8 Å². The number of ether oxygens (including phenoxy) is 2. The molecule has 2 aromatic carbocycles. The maximum Gasteiger partial charge on any atom is 0.282 e. The first kappa shape index (κ1) is 17.7. The second-order valence-corrected chi connectivity index (χ2v) is 8.24. The Hall–Kier alpha value is -2.67. The predicted octanol–water partition coefficient (Wildman–Crippen LogP) is 4.07. The quantitative estimate of drug-likeness (QED) is 0.578. The molecule has 0 spiro atoms. The summed E-state index contributed by atoms with van der Waals surface area (Å²) in [5.41, 5.74) is 0.901. The van der Waals surface area contributed by atoms with Crippen LogP contribution in [0.1, 0.15) is 32.2 Å². The zero-order valence-corrected chi connectivity index (χ0v) is 16.8. The lowest BCUT2D eigenvalue weighted by Crippen LogP contribution is -2.29. The van der Waals surface area contributed by atoms with Crippen molar-refractivity contribution in [2.45, 2.75) is 26.2 Å². The molecule has 0 atom stereocenters. The molecule has 4 rings (SSSR count). The van der Waals surface area contributed by atoms with Gasteiger partial charge in [-0.05, 0) is 42.0 Å². The lowest BCUT2D eigenvalue weighted by atomic mass is 9.95.